The van der Waals surface area contributed by atoms with E-state index < -0.39 is 6.17 Å². The van der Waals surface area contributed by atoms with Crippen molar-refractivity contribution >= 4 is 0 Å². The minimum absolute atomic E-state index is 0.527. The lowest BCUT2D eigenvalue weighted by molar-refractivity contribution is 0.0424. The second-order valence-electron chi connectivity index (χ2n) is 4.95. The molecule has 1 nitrogen and oxygen atoms in total. The maximum Gasteiger partial charge on any atom is 0.125 e. The fourth-order valence-corrected chi connectivity index (χ4v) is 2.75. The molecule has 1 heterocycles. The summed E-state index contributed by atoms with van der Waals surface area (Å²) < 4.78 is 12.6. The molecule has 0 spiro atoms. The highest BCUT2D eigenvalue weighted by Gasteiger charge is 2.29. The second kappa shape index (κ2) is 3.95. The van der Waals surface area contributed by atoms with Crippen molar-refractivity contribution in [2.24, 2.45) is 11.8 Å². The standard InChI is InChI=1S/C11H20FN/c1-9-3-2-4-10(5-9)6-13-7-11(12)8-13/h9-11H,2-8H2,1H3. The van der Waals surface area contributed by atoms with E-state index in [0.717, 1.165) is 18.4 Å². The van der Waals surface area contributed by atoms with E-state index in [-0.39, 0.29) is 0 Å². The van der Waals surface area contributed by atoms with Crippen molar-refractivity contribution in [3.05, 3.63) is 0 Å². The van der Waals surface area contributed by atoms with E-state index >= 15 is 0 Å². The van der Waals surface area contributed by atoms with Gasteiger partial charge in [0.15, 0.2) is 0 Å². The largest absolute Gasteiger partial charge is 0.297 e. The van der Waals surface area contributed by atoms with E-state index in [1.165, 1.54) is 25.7 Å². The molecule has 2 aliphatic rings. The molecule has 0 N–H and O–H groups in total. The van der Waals surface area contributed by atoms with Crippen LogP contribution in [0.4, 0.5) is 4.39 Å². The first kappa shape index (κ1) is 9.45. The summed E-state index contributed by atoms with van der Waals surface area (Å²) in [6.45, 7) is 4.90. The zero-order valence-corrected chi connectivity index (χ0v) is 8.51. The first-order valence-electron chi connectivity index (χ1n) is 5.60. The van der Waals surface area contributed by atoms with Gasteiger partial charge in [0, 0.05) is 19.6 Å². The SMILES string of the molecule is CC1CCCC(CN2CC(F)C2)C1. The third-order valence-electron chi connectivity index (χ3n) is 3.47. The van der Waals surface area contributed by atoms with Gasteiger partial charge in [-0.1, -0.05) is 19.8 Å². The van der Waals surface area contributed by atoms with Crippen LogP contribution in [0.15, 0.2) is 0 Å². The van der Waals surface area contributed by atoms with E-state index in [9.17, 15) is 4.39 Å². The van der Waals surface area contributed by atoms with Crippen molar-refractivity contribution < 1.29 is 4.39 Å². The average molecular weight is 185 g/mol. The number of hydrogen-bond acceptors (Lipinski definition) is 1. The van der Waals surface area contributed by atoms with Gasteiger partial charge in [-0.3, -0.25) is 4.90 Å². The van der Waals surface area contributed by atoms with Crippen LogP contribution in [0.25, 0.3) is 0 Å². The van der Waals surface area contributed by atoms with Gasteiger partial charge in [0.05, 0.1) is 0 Å². The van der Waals surface area contributed by atoms with Gasteiger partial charge in [0.25, 0.3) is 0 Å². The summed E-state index contributed by atoms with van der Waals surface area (Å²) in [5, 5.41) is 0. The molecular formula is C11H20FN. The smallest absolute Gasteiger partial charge is 0.125 e. The van der Waals surface area contributed by atoms with Crippen molar-refractivity contribution in [2.45, 2.75) is 38.8 Å². The van der Waals surface area contributed by atoms with Crippen LogP contribution in [-0.2, 0) is 0 Å². The predicted molar refractivity (Wildman–Crippen MR) is 52.5 cm³/mol. The lowest BCUT2D eigenvalue weighted by atomic mass is 9.82. The van der Waals surface area contributed by atoms with Crippen LogP contribution in [0.2, 0.25) is 0 Å². The maximum absolute atomic E-state index is 12.6. The van der Waals surface area contributed by atoms with Gasteiger partial charge in [-0.05, 0) is 24.7 Å². The van der Waals surface area contributed by atoms with Gasteiger partial charge < -0.3 is 0 Å². The Morgan fingerprint density at radius 3 is 2.69 bits per heavy atom. The van der Waals surface area contributed by atoms with Crippen LogP contribution in [0, 0.1) is 11.8 Å². The van der Waals surface area contributed by atoms with Crippen LogP contribution in [0.3, 0.4) is 0 Å². The molecule has 2 heteroatoms. The molecule has 0 radical (unpaired) electrons. The van der Waals surface area contributed by atoms with Gasteiger partial charge in [-0.2, -0.15) is 0 Å². The number of rotatable bonds is 2. The molecule has 0 amide bonds. The fraction of sp³-hybridized carbons (Fsp3) is 1.00. The first-order valence-corrected chi connectivity index (χ1v) is 5.60. The molecule has 1 saturated carbocycles. The minimum Gasteiger partial charge on any atom is -0.297 e. The number of hydrogen-bond donors (Lipinski definition) is 0. The molecule has 2 rings (SSSR count). The van der Waals surface area contributed by atoms with E-state index in [2.05, 4.69) is 11.8 Å². The number of nitrogens with zero attached hydrogens (tertiary/aromatic N) is 1. The quantitative estimate of drug-likeness (QED) is 0.639. The molecule has 0 bridgehead atoms. The Bertz CT molecular complexity index is 165. The first-order chi connectivity index (χ1) is 6.24. The Morgan fingerprint density at radius 2 is 2.08 bits per heavy atom. The van der Waals surface area contributed by atoms with E-state index in [1.807, 2.05) is 0 Å². The Hall–Kier alpha value is -0.110. The van der Waals surface area contributed by atoms with Crippen molar-refractivity contribution in [3.8, 4) is 0 Å². The fourth-order valence-electron chi connectivity index (χ4n) is 2.75. The Balaban J connectivity index is 1.69. The molecule has 2 unspecified atom stereocenters. The van der Waals surface area contributed by atoms with E-state index in [0.29, 0.717) is 13.1 Å². The van der Waals surface area contributed by atoms with Crippen LogP contribution in [0.5, 0.6) is 0 Å². The lowest BCUT2D eigenvalue weighted by Gasteiger charge is -2.38. The van der Waals surface area contributed by atoms with Gasteiger partial charge >= 0.3 is 0 Å². The van der Waals surface area contributed by atoms with Crippen LogP contribution >= 0.6 is 0 Å². The molecule has 76 valence electrons. The molecular weight excluding hydrogens is 165 g/mol. The topological polar surface area (TPSA) is 3.24 Å². The van der Waals surface area contributed by atoms with Gasteiger partial charge in [0.2, 0.25) is 0 Å². The highest BCUT2D eigenvalue weighted by Crippen LogP contribution is 2.30. The molecule has 1 aliphatic heterocycles. The van der Waals surface area contributed by atoms with E-state index in [4.69, 9.17) is 0 Å². The van der Waals surface area contributed by atoms with Crippen LogP contribution < -0.4 is 0 Å². The normalized spacial score (nSPS) is 37.4. The van der Waals surface area contributed by atoms with Crippen LogP contribution in [-0.4, -0.2) is 30.7 Å². The van der Waals surface area contributed by atoms with Crippen molar-refractivity contribution in [1.82, 2.24) is 4.90 Å². The molecule has 0 aromatic heterocycles. The van der Waals surface area contributed by atoms with Crippen molar-refractivity contribution in [3.63, 3.8) is 0 Å². The minimum atomic E-state index is -0.527. The zero-order valence-electron chi connectivity index (χ0n) is 8.51. The zero-order chi connectivity index (χ0) is 9.26. The Morgan fingerprint density at radius 1 is 1.31 bits per heavy atom. The predicted octanol–water partition coefficient (Wildman–Crippen LogP) is 2.47. The van der Waals surface area contributed by atoms with Crippen molar-refractivity contribution in [1.29, 1.82) is 0 Å². The Kier molecular flexibility index (Phi) is 2.87. The summed E-state index contributed by atoms with van der Waals surface area (Å²) in [4.78, 5) is 2.27. The summed E-state index contributed by atoms with van der Waals surface area (Å²) in [6.07, 6.45) is 5.01. The molecule has 2 fully saturated rings. The van der Waals surface area contributed by atoms with Gasteiger partial charge in [-0.15, -0.1) is 0 Å². The maximum atomic E-state index is 12.6. The summed E-state index contributed by atoms with van der Waals surface area (Å²) in [5.74, 6) is 1.76. The second-order valence-corrected chi connectivity index (χ2v) is 4.95. The molecule has 1 saturated heterocycles. The third kappa shape index (κ3) is 2.43. The molecule has 2 atom stereocenters. The monoisotopic (exact) mass is 185 g/mol. The number of halogens is 1. The van der Waals surface area contributed by atoms with Gasteiger partial charge in [-0.25, -0.2) is 4.39 Å². The van der Waals surface area contributed by atoms with Crippen LogP contribution in [0.1, 0.15) is 32.6 Å². The molecule has 0 aromatic carbocycles. The summed E-state index contributed by atoms with van der Waals surface area (Å²) in [7, 11) is 0. The van der Waals surface area contributed by atoms with Crippen molar-refractivity contribution in [2.75, 3.05) is 19.6 Å². The molecule has 1 aliphatic carbocycles. The van der Waals surface area contributed by atoms with Gasteiger partial charge in [0.1, 0.15) is 6.17 Å². The van der Waals surface area contributed by atoms with E-state index in [1.54, 1.807) is 0 Å². The molecule has 0 aromatic rings. The summed E-state index contributed by atoms with van der Waals surface area (Å²) >= 11 is 0. The molecule has 13 heavy (non-hydrogen) atoms. The summed E-state index contributed by atoms with van der Waals surface area (Å²) in [5.41, 5.74) is 0. The average Bonchev–Trinajstić information content (AvgIpc) is 2.01. The highest BCUT2D eigenvalue weighted by molar-refractivity contribution is 4.82. The number of likely N-dealkylation sites (tertiary alicyclic amines) is 1. The number of alkyl halides is 1. The lowest BCUT2D eigenvalue weighted by Crippen LogP contribution is -2.50. The third-order valence-corrected chi connectivity index (χ3v) is 3.47. The Labute approximate surface area is 80.3 Å². The highest BCUT2D eigenvalue weighted by atomic mass is 19.1. The summed E-state index contributed by atoms with van der Waals surface area (Å²) in [6, 6.07) is 0.